The number of hydrogen-bond acceptors (Lipinski definition) is 6. The molecular weight excluding hydrogens is 590 g/mol. The number of carbonyl (C=O) groups excluding carboxylic acids is 1. The molecule has 8 nitrogen and oxygen atoms in total. The SMILES string of the molecule is O=C(NC(Cc1ccccc1)c1nnc(SCc2ccccc2)n1-c1ccc([N+](=O)[O-])cc1)c1cccc(Br)c1. The van der Waals surface area contributed by atoms with Gasteiger partial charge in [0.2, 0.25) is 0 Å². The predicted molar refractivity (Wildman–Crippen MR) is 159 cm³/mol. The van der Waals surface area contributed by atoms with Crippen LogP contribution in [0.1, 0.15) is 33.4 Å². The number of amides is 1. The molecule has 1 unspecified atom stereocenters. The number of benzene rings is 4. The van der Waals surface area contributed by atoms with E-state index in [1.54, 1.807) is 24.3 Å². The van der Waals surface area contributed by atoms with E-state index in [4.69, 9.17) is 0 Å². The van der Waals surface area contributed by atoms with Gasteiger partial charge in [-0.25, -0.2) is 0 Å². The number of nitro groups is 1. The minimum Gasteiger partial charge on any atom is -0.342 e. The summed E-state index contributed by atoms with van der Waals surface area (Å²) in [6.45, 7) is 0. The first kappa shape index (κ1) is 27.3. The fourth-order valence-corrected chi connectivity index (χ4v) is 5.53. The molecule has 1 amide bonds. The van der Waals surface area contributed by atoms with E-state index in [9.17, 15) is 14.9 Å². The molecule has 0 fully saturated rings. The van der Waals surface area contributed by atoms with Crippen molar-refractivity contribution in [2.45, 2.75) is 23.4 Å². The van der Waals surface area contributed by atoms with Gasteiger partial charge in [-0.3, -0.25) is 19.5 Å². The van der Waals surface area contributed by atoms with Gasteiger partial charge in [0.1, 0.15) is 0 Å². The van der Waals surface area contributed by atoms with Crippen molar-refractivity contribution in [1.82, 2.24) is 20.1 Å². The van der Waals surface area contributed by atoms with Crippen LogP contribution in [0.5, 0.6) is 0 Å². The molecule has 4 aromatic carbocycles. The van der Waals surface area contributed by atoms with Crippen LogP contribution in [0.15, 0.2) is 119 Å². The smallest absolute Gasteiger partial charge is 0.269 e. The Hall–Kier alpha value is -4.28. The number of nitro benzene ring substituents is 1. The van der Waals surface area contributed by atoms with E-state index < -0.39 is 11.0 Å². The molecule has 1 aromatic heterocycles. The second-order valence-corrected chi connectivity index (χ2v) is 10.8. The van der Waals surface area contributed by atoms with Crippen LogP contribution in [-0.2, 0) is 12.2 Å². The molecule has 0 aliphatic carbocycles. The van der Waals surface area contributed by atoms with Gasteiger partial charge >= 0.3 is 0 Å². The van der Waals surface area contributed by atoms with Crippen molar-refractivity contribution in [3.8, 4) is 5.69 Å². The molecule has 40 heavy (non-hydrogen) atoms. The summed E-state index contributed by atoms with van der Waals surface area (Å²) in [5, 5.41) is 24.1. The third-order valence-corrected chi connectivity index (χ3v) is 7.67. The van der Waals surface area contributed by atoms with Crippen LogP contribution in [0.3, 0.4) is 0 Å². The lowest BCUT2D eigenvalue weighted by Crippen LogP contribution is -2.32. The Labute approximate surface area is 243 Å². The topological polar surface area (TPSA) is 103 Å². The third-order valence-electron chi connectivity index (χ3n) is 6.17. The summed E-state index contributed by atoms with van der Waals surface area (Å²) in [6.07, 6.45) is 0.467. The normalized spacial score (nSPS) is 11.6. The van der Waals surface area contributed by atoms with Gasteiger partial charge in [0.25, 0.3) is 11.6 Å². The summed E-state index contributed by atoms with van der Waals surface area (Å²) in [7, 11) is 0. The molecule has 1 N–H and O–H groups in total. The Morgan fingerprint density at radius 1 is 0.900 bits per heavy atom. The quantitative estimate of drug-likeness (QED) is 0.104. The average Bonchev–Trinajstić information content (AvgIpc) is 3.41. The van der Waals surface area contributed by atoms with E-state index in [-0.39, 0.29) is 11.6 Å². The van der Waals surface area contributed by atoms with E-state index in [1.165, 1.54) is 23.9 Å². The van der Waals surface area contributed by atoms with Gasteiger partial charge in [-0.15, -0.1) is 10.2 Å². The van der Waals surface area contributed by atoms with Crippen molar-refractivity contribution >= 4 is 39.3 Å². The van der Waals surface area contributed by atoms with E-state index in [0.29, 0.717) is 34.4 Å². The van der Waals surface area contributed by atoms with Crippen LogP contribution in [0, 0.1) is 10.1 Å². The number of hydrogen-bond donors (Lipinski definition) is 1. The van der Waals surface area contributed by atoms with E-state index in [0.717, 1.165) is 15.6 Å². The lowest BCUT2D eigenvalue weighted by atomic mass is 10.0. The number of thioether (sulfide) groups is 1. The van der Waals surface area contributed by atoms with Gasteiger partial charge in [0.05, 0.1) is 11.0 Å². The monoisotopic (exact) mass is 613 g/mol. The largest absolute Gasteiger partial charge is 0.342 e. The lowest BCUT2D eigenvalue weighted by Gasteiger charge is -2.20. The van der Waals surface area contributed by atoms with Crippen molar-refractivity contribution in [2.24, 2.45) is 0 Å². The second kappa shape index (κ2) is 12.7. The molecule has 5 aromatic rings. The number of carbonyl (C=O) groups is 1. The Balaban J connectivity index is 1.56. The minimum atomic E-state index is -0.539. The highest BCUT2D eigenvalue weighted by molar-refractivity contribution is 9.10. The summed E-state index contributed by atoms with van der Waals surface area (Å²) in [5.41, 5.74) is 3.29. The number of nitrogens with one attached hydrogen (secondary N) is 1. The Morgan fingerprint density at radius 3 is 2.23 bits per heavy atom. The molecule has 10 heteroatoms. The number of aromatic nitrogens is 3. The van der Waals surface area contributed by atoms with Crippen LogP contribution in [0.25, 0.3) is 5.69 Å². The van der Waals surface area contributed by atoms with Crippen LogP contribution in [-0.4, -0.2) is 25.6 Å². The van der Waals surface area contributed by atoms with E-state index in [2.05, 4.69) is 31.4 Å². The molecule has 0 spiro atoms. The van der Waals surface area contributed by atoms with Gasteiger partial charge in [0.15, 0.2) is 11.0 Å². The van der Waals surface area contributed by atoms with Crippen molar-refractivity contribution < 1.29 is 9.72 Å². The van der Waals surface area contributed by atoms with Crippen LogP contribution in [0.4, 0.5) is 5.69 Å². The fraction of sp³-hybridized carbons (Fsp3) is 0.100. The van der Waals surface area contributed by atoms with Gasteiger partial charge in [-0.1, -0.05) is 94.4 Å². The van der Waals surface area contributed by atoms with Gasteiger partial charge < -0.3 is 5.32 Å². The summed E-state index contributed by atoms with van der Waals surface area (Å²) in [5.74, 6) is 0.926. The third kappa shape index (κ3) is 6.64. The first-order chi connectivity index (χ1) is 19.5. The van der Waals surface area contributed by atoms with Gasteiger partial charge in [0, 0.05) is 33.6 Å². The molecule has 0 saturated carbocycles. The molecule has 5 rings (SSSR count). The number of non-ortho nitro benzene ring substituents is 1. The molecule has 0 radical (unpaired) electrons. The Kier molecular flexibility index (Phi) is 8.68. The maximum Gasteiger partial charge on any atom is 0.269 e. The van der Waals surface area contributed by atoms with E-state index in [1.807, 2.05) is 77.4 Å². The maximum atomic E-state index is 13.4. The molecular formula is C30H24BrN5O3S. The van der Waals surface area contributed by atoms with Crippen LogP contribution >= 0.6 is 27.7 Å². The molecule has 0 saturated heterocycles. The second-order valence-electron chi connectivity index (χ2n) is 8.95. The standard InChI is InChI=1S/C30H24BrN5O3S/c31-24-13-7-12-23(19-24)29(37)32-27(18-21-8-3-1-4-9-21)28-33-34-30(40-20-22-10-5-2-6-11-22)35(28)25-14-16-26(17-15-25)36(38)39/h1-17,19,27H,18,20H2,(H,32,37). The van der Waals surface area contributed by atoms with E-state index >= 15 is 0 Å². The van der Waals surface area contributed by atoms with Crippen LogP contribution < -0.4 is 5.32 Å². The summed E-state index contributed by atoms with van der Waals surface area (Å²) in [4.78, 5) is 24.3. The van der Waals surface area contributed by atoms with Crippen molar-refractivity contribution in [2.75, 3.05) is 0 Å². The zero-order valence-corrected chi connectivity index (χ0v) is 23.6. The highest BCUT2D eigenvalue weighted by atomic mass is 79.9. The Bertz CT molecular complexity index is 1610. The highest BCUT2D eigenvalue weighted by Gasteiger charge is 2.26. The van der Waals surface area contributed by atoms with Crippen molar-refractivity contribution in [3.05, 3.63) is 146 Å². The lowest BCUT2D eigenvalue weighted by molar-refractivity contribution is -0.384. The average molecular weight is 615 g/mol. The molecule has 0 aliphatic heterocycles. The first-order valence-electron chi connectivity index (χ1n) is 12.4. The number of rotatable bonds is 10. The van der Waals surface area contributed by atoms with Crippen LogP contribution in [0.2, 0.25) is 0 Å². The minimum absolute atomic E-state index is 0.0133. The molecule has 0 bridgehead atoms. The number of halogens is 1. The zero-order chi connectivity index (χ0) is 27.9. The van der Waals surface area contributed by atoms with Crippen molar-refractivity contribution in [1.29, 1.82) is 0 Å². The summed E-state index contributed by atoms with van der Waals surface area (Å²) >= 11 is 4.94. The summed E-state index contributed by atoms with van der Waals surface area (Å²) in [6, 6.07) is 32.7. The predicted octanol–water partition coefficient (Wildman–Crippen LogP) is 6.94. The maximum absolute atomic E-state index is 13.4. The van der Waals surface area contributed by atoms with Gasteiger partial charge in [-0.05, 0) is 47.9 Å². The fourth-order valence-electron chi connectivity index (χ4n) is 4.22. The number of nitrogens with zero attached hydrogens (tertiary/aromatic N) is 4. The molecule has 0 aliphatic rings. The first-order valence-corrected chi connectivity index (χ1v) is 14.2. The van der Waals surface area contributed by atoms with Crippen molar-refractivity contribution in [3.63, 3.8) is 0 Å². The molecule has 200 valence electrons. The molecule has 1 atom stereocenters. The van der Waals surface area contributed by atoms with Gasteiger partial charge in [-0.2, -0.15) is 0 Å². The Morgan fingerprint density at radius 2 is 1.57 bits per heavy atom. The molecule has 1 heterocycles. The highest BCUT2D eigenvalue weighted by Crippen LogP contribution is 2.30. The zero-order valence-electron chi connectivity index (χ0n) is 21.2. The summed E-state index contributed by atoms with van der Waals surface area (Å²) < 4.78 is 2.67.